The molecular formula is C15H21N3O4. The fourth-order valence-electron chi connectivity index (χ4n) is 2.29. The van der Waals surface area contributed by atoms with E-state index < -0.39 is 0 Å². The number of hydrogen-bond donors (Lipinski definition) is 1. The van der Waals surface area contributed by atoms with E-state index in [1.165, 1.54) is 6.26 Å². The predicted octanol–water partition coefficient (Wildman–Crippen LogP) is 0.480. The number of rotatable bonds is 5. The summed E-state index contributed by atoms with van der Waals surface area (Å²) in [5.74, 6) is -0.309. The van der Waals surface area contributed by atoms with Crippen LogP contribution in [-0.4, -0.2) is 60.2 Å². The molecule has 2 rings (SSSR count). The van der Waals surface area contributed by atoms with E-state index in [9.17, 15) is 14.4 Å². The Bertz CT molecular complexity index is 519. The van der Waals surface area contributed by atoms with E-state index in [4.69, 9.17) is 4.42 Å². The molecule has 1 saturated heterocycles. The van der Waals surface area contributed by atoms with Crippen LogP contribution in [0.2, 0.25) is 0 Å². The Balaban J connectivity index is 1.78. The summed E-state index contributed by atoms with van der Waals surface area (Å²) in [5, 5.41) is 2.68. The lowest BCUT2D eigenvalue weighted by atomic mass is 10.2. The van der Waals surface area contributed by atoms with Gasteiger partial charge in [-0.25, -0.2) is 0 Å². The van der Waals surface area contributed by atoms with Gasteiger partial charge in [0.25, 0.3) is 5.91 Å². The van der Waals surface area contributed by atoms with Crippen molar-refractivity contribution in [1.82, 2.24) is 15.1 Å². The Labute approximate surface area is 129 Å². The first-order valence-corrected chi connectivity index (χ1v) is 7.49. The van der Waals surface area contributed by atoms with Crippen LogP contribution in [0, 0.1) is 0 Å². The number of nitrogens with zero attached hydrogens (tertiary/aromatic N) is 2. The second kappa shape index (κ2) is 7.63. The van der Waals surface area contributed by atoms with Gasteiger partial charge < -0.3 is 19.5 Å². The Hall–Kier alpha value is -2.31. The normalized spacial score (nSPS) is 14.8. The largest absolute Gasteiger partial charge is 0.459 e. The molecule has 1 aliphatic heterocycles. The smallest absolute Gasteiger partial charge is 0.289 e. The minimum Gasteiger partial charge on any atom is -0.459 e. The standard InChI is InChI=1S/C15H21N3O4/c1-2-5-16-13(19)11-14(20)17-6-8-18(9-7-17)15(21)12-4-3-10-22-12/h3-4,10H,2,5-9,11H2,1H3,(H,16,19). The maximum Gasteiger partial charge on any atom is 0.289 e. The Morgan fingerprint density at radius 3 is 2.45 bits per heavy atom. The van der Waals surface area contributed by atoms with Crippen molar-refractivity contribution in [3.8, 4) is 0 Å². The van der Waals surface area contributed by atoms with Crippen LogP contribution < -0.4 is 5.32 Å². The van der Waals surface area contributed by atoms with E-state index in [2.05, 4.69) is 5.32 Å². The Morgan fingerprint density at radius 1 is 1.18 bits per heavy atom. The van der Waals surface area contributed by atoms with Gasteiger partial charge in [0.15, 0.2) is 5.76 Å². The topological polar surface area (TPSA) is 82.9 Å². The van der Waals surface area contributed by atoms with Gasteiger partial charge >= 0.3 is 0 Å². The number of furan rings is 1. The third-order valence-electron chi connectivity index (χ3n) is 3.54. The fraction of sp³-hybridized carbons (Fsp3) is 0.533. The summed E-state index contributed by atoms with van der Waals surface area (Å²) in [7, 11) is 0. The lowest BCUT2D eigenvalue weighted by molar-refractivity contribution is -0.137. The average molecular weight is 307 g/mol. The van der Waals surface area contributed by atoms with Crippen molar-refractivity contribution in [1.29, 1.82) is 0 Å². The van der Waals surface area contributed by atoms with Gasteiger partial charge in [0.05, 0.1) is 6.26 Å². The molecule has 22 heavy (non-hydrogen) atoms. The van der Waals surface area contributed by atoms with E-state index >= 15 is 0 Å². The highest BCUT2D eigenvalue weighted by Gasteiger charge is 2.26. The van der Waals surface area contributed by atoms with Crippen molar-refractivity contribution in [2.24, 2.45) is 0 Å². The minimum atomic E-state index is -0.249. The molecule has 0 aromatic carbocycles. The number of nitrogens with one attached hydrogen (secondary N) is 1. The van der Waals surface area contributed by atoms with Crippen LogP contribution in [0.3, 0.4) is 0 Å². The molecule has 1 aliphatic rings. The molecule has 2 heterocycles. The van der Waals surface area contributed by atoms with Gasteiger partial charge in [-0.15, -0.1) is 0 Å². The van der Waals surface area contributed by atoms with Crippen LogP contribution in [0.15, 0.2) is 22.8 Å². The first-order valence-electron chi connectivity index (χ1n) is 7.49. The molecule has 0 saturated carbocycles. The summed E-state index contributed by atoms with van der Waals surface area (Å²) in [6, 6.07) is 3.29. The molecule has 0 bridgehead atoms. The zero-order chi connectivity index (χ0) is 15.9. The monoisotopic (exact) mass is 307 g/mol. The number of carbonyl (C=O) groups excluding carboxylic acids is 3. The number of amides is 3. The third kappa shape index (κ3) is 4.09. The van der Waals surface area contributed by atoms with Gasteiger partial charge in [0.1, 0.15) is 6.42 Å². The lowest BCUT2D eigenvalue weighted by Crippen LogP contribution is -2.51. The molecule has 3 amide bonds. The highest BCUT2D eigenvalue weighted by Crippen LogP contribution is 2.10. The molecule has 1 aromatic rings. The highest BCUT2D eigenvalue weighted by molar-refractivity contribution is 5.97. The van der Waals surface area contributed by atoms with Gasteiger partial charge in [0, 0.05) is 32.7 Å². The maximum atomic E-state index is 12.1. The molecule has 0 atom stereocenters. The van der Waals surface area contributed by atoms with Crippen LogP contribution in [0.25, 0.3) is 0 Å². The molecule has 0 spiro atoms. The number of carbonyl (C=O) groups is 3. The van der Waals surface area contributed by atoms with Crippen LogP contribution in [-0.2, 0) is 9.59 Å². The predicted molar refractivity (Wildman–Crippen MR) is 79.1 cm³/mol. The summed E-state index contributed by atoms with van der Waals surface area (Å²) in [6.45, 7) is 4.30. The van der Waals surface area contributed by atoms with Crippen molar-refractivity contribution in [3.63, 3.8) is 0 Å². The molecular weight excluding hydrogens is 286 g/mol. The maximum absolute atomic E-state index is 12.1. The number of piperazine rings is 1. The summed E-state index contributed by atoms with van der Waals surface area (Å²) >= 11 is 0. The van der Waals surface area contributed by atoms with Gasteiger partial charge in [0.2, 0.25) is 11.8 Å². The van der Waals surface area contributed by atoms with Crippen LogP contribution in [0.4, 0.5) is 0 Å². The second-order valence-electron chi connectivity index (χ2n) is 5.18. The van der Waals surface area contributed by atoms with E-state index in [1.807, 2.05) is 6.92 Å². The van der Waals surface area contributed by atoms with Gasteiger partial charge in [-0.3, -0.25) is 14.4 Å². The Kier molecular flexibility index (Phi) is 5.57. The van der Waals surface area contributed by atoms with E-state index in [1.54, 1.807) is 21.9 Å². The first kappa shape index (κ1) is 16.1. The van der Waals surface area contributed by atoms with Crippen molar-refractivity contribution in [3.05, 3.63) is 24.2 Å². The van der Waals surface area contributed by atoms with Crippen LogP contribution in [0.5, 0.6) is 0 Å². The number of hydrogen-bond acceptors (Lipinski definition) is 4. The van der Waals surface area contributed by atoms with Crippen molar-refractivity contribution >= 4 is 17.7 Å². The van der Waals surface area contributed by atoms with Crippen molar-refractivity contribution in [2.45, 2.75) is 19.8 Å². The van der Waals surface area contributed by atoms with Gasteiger partial charge in [-0.2, -0.15) is 0 Å². The molecule has 7 heteroatoms. The molecule has 120 valence electrons. The first-order chi connectivity index (χ1) is 10.6. The second-order valence-corrected chi connectivity index (χ2v) is 5.18. The molecule has 1 fully saturated rings. The van der Waals surface area contributed by atoms with Crippen molar-refractivity contribution in [2.75, 3.05) is 32.7 Å². The lowest BCUT2D eigenvalue weighted by Gasteiger charge is -2.34. The molecule has 0 aliphatic carbocycles. The molecule has 1 aromatic heterocycles. The SMILES string of the molecule is CCCNC(=O)CC(=O)N1CCN(C(=O)c2ccco2)CC1. The van der Waals surface area contributed by atoms with Crippen LogP contribution >= 0.6 is 0 Å². The van der Waals surface area contributed by atoms with Gasteiger partial charge in [-0.05, 0) is 18.6 Å². The van der Waals surface area contributed by atoms with Crippen molar-refractivity contribution < 1.29 is 18.8 Å². The third-order valence-corrected chi connectivity index (χ3v) is 3.54. The Morgan fingerprint density at radius 2 is 1.86 bits per heavy atom. The van der Waals surface area contributed by atoms with Gasteiger partial charge in [-0.1, -0.05) is 6.92 Å². The average Bonchev–Trinajstić information content (AvgIpc) is 3.06. The van der Waals surface area contributed by atoms with E-state index in [0.717, 1.165) is 6.42 Å². The molecule has 1 N–H and O–H groups in total. The molecule has 0 radical (unpaired) electrons. The molecule has 0 unspecified atom stereocenters. The van der Waals surface area contributed by atoms with Crippen LogP contribution in [0.1, 0.15) is 30.3 Å². The highest BCUT2D eigenvalue weighted by atomic mass is 16.3. The molecule has 7 nitrogen and oxygen atoms in total. The van der Waals surface area contributed by atoms with E-state index in [-0.39, 0.29) is 24.1 Å². The fourth-order valence-corrected chi connectivity index (χ4v) is 2.29. The zero-order valence-corrected chi connectivity index (χ0v) is 12.7. The summed E-state index contributed by atoms with van der Waals surface area (Å²) in [6.07, 6.45) is 2.17. The minimum absolute atomic E-state index is 0.133. The summed E-state index contributed by atoms with van der Waals surface area (Å²) in [4.78, 5) is 38.9. The summed E-state index contributed by atoms with van der Waals surface area (Å²) < 4.78 is 5.09. The summed E-state index contributed by atoms with van der Waals surface area (Å²) in [5.41, 5.74) is 0. The quantitative estimate of drug-likeness (QED) is 0.802. The van der Waals surface area contributed by atoms with E-state index in [0.29, 0.717) is 38.5 Å². The zero-order valence-electron chi connectivity index (χ0n) is 12.7.